The van der Waals surface area contributed by atoms with Gasteiger partial charge in [0.1, 0.15) is 5.01 Å². The van der Waals surface area contributed by atoms with Crippen LogP contribution < -0.4 is 0 Å². The quantitative estimate of drug-likeness (QED) is 0.476. The molecule has 0 amide bonds. The predicted molar refractivity (Wildman–Crippen MR) is 69.5 cm³/mol. The normalized spacial score (nSPS) is 10.4. The Hall–Kier alpha value is -1.09. The van der Waals surface area contributed by atoms with E-state index in [1.807, 2.05) is 6.07 Å². The molecule has 1 heterocycles. The summed E-state index contributed by atoms with van der Waals surface area (Å²) in [5.41, 5.74) is 1.49. The van der Waals surface area contributed by atoms with Crippen molar-refractivity contribution in [1.29, 1.82) is 0 Å². The highest BCUT2D eigenvalue weighted by Crippen LogP contribution is 2.29. The van der Waals surface area contributed by atoms with Crippen LogP contribution in [0, 0.1) is 20.1 Å². The van der Waals surface area contributed by atoms with Gasteiger partial charge in [-0.05, 0) is 29.5 Å². The first-order valence-electron chi connectivity index (χ1n) is 4.32. The van der Waals surface area contributed by atoms with Gasteiger partial charge >= 0.3 is 0 Å². The van der Waals surface area contributed by atoms with Crippen LogP contribution in [0.1, 0.15) is 5.56 Å². The van der Waals surface area contributed by atoms with E-state index in [2.05, 4.69) is 32.8 Å². The fourth-order valence-corrected chi connectivity index (χ4v) is 2.56. The highest BCUT2D eigenvalue weighted by atomic mass is 127. The van der Waals surface area contributed by atoms with Crippen LogP contribution >= 0.6 is 33.9 Å². The van der Waals surface area contributed by atoms with Gasteiger partial charge < -0.3 is 0 Å². The molecule has 16 heavy (non-hydrogen) atoms. The number of nitrogens with zero attached hydrogens (tertiary/aromatic N) is 3. The smallest absolute Gasteiger partial charge is 0.258 e. The maximum absolute atomic E-state index is 10.8. The average molecular weight is 347 g/mol. The molecule has 0 aliphatic rings. The second kappa shape index (κ2) is 4.42. The SMILES string of the molecule is Cc1ccc(-c2nnc(I)s2)cc1[N+](=O)[O-]. The van der Waals surface area contributed by atoms with Crippen molar-refractivity contribution in [2.45, 2.75) is 6.92 Å². The molecule has 0 saturated carbocycles. The lowest BCUT2D eigenvalue weighted by atomic mass is 10.1. The summed E-state index contributed by atoms with van der Waals surface area (Å²) < 4.78 is 0.816. The van der Waals surface area contributed by atoms with Crippen LogP contribution in [-0.2, 0) is 0 Å². The summed E-state index contributed by atoms with van der Waals surface area (Å²) in [5, 5.41) is 19.3. The molecule has 0 radical (unpaired) electrons. The summed E-state index contributed by atoms with van der Waals surface area (Å²) in [6, 6.07) is 5.08. The molecule has 0 spiro atoms. The summed E-state index contributed by atoms with van der Waals surface area (Å²) in [5.74, 6) is 0. The summed E-state index contributed by atoms with van der Waals surface area (Å²) in [6.45, 7) is 1.71. The summed E-state index contributed by atoms with van der Waals surface area (Å²) in [6.07, 6.45) is 0. The molecule has 7 heteroatoms. The molecule has 5 nitrogen and oxygen atoms in total. The molecule has 2 rings (SSSR count). The Morgan fingerprint density at radius 2 is 2.19 bits per heavy atom. The van der Waals surface area contributed by atoms with E-state index >= 15 is 0 Å². The van der Waals surface area contributed by atoms with Crippen molar-refractivity contribution in [2.75, 3.05) is 0 Å². The molecule has 0 fully saturated rings. The van der Waals surface area contributed by atoms with Crippen LogP contribution in [-0.4, -0.2) is 15.1 Å². The topological polar surface area (TPSA) is 68.9 Å². The maximum Gasteiger partial charge on any atom is 0.273 e. The molecule has 0 N–H and O–H groups in total. The van der Waals surface area contributed by atoms with Crippen molar-refractivity contribution in [1.82, 2.24) is 10.2 Å². The van der Waals surface area contributed by atoms with E-state index in [-0.39, 0.29) is 10.6 Å². The molecule has 0 atom stereocenters. The zero-order valence-corrected chi connectivity index (χ0v) is 11.2. The van der Waals surface area contributed by atoms with Crippen LogP contribution in [0.25, 0.3) is 10.6 Å². The Labute approximate surface area is 109 Å². The van der Waals surface area contributed by atoms with Crippen LogP contribution in [0.3, 0.4) is 0 Å². The number of aryl methyl sites for hydroxylation is 1. The Balaban J connectivity index is 2.51. The van der Waals surface area contributed by atoms with Gasteiger partial charge in [-0.1, -0.05) is 23.5 Å². The first kappa shape index (κ1) is 11.4. The number of halogens is 1. The molecule has 0 aliphatic carbocycles. The second-order valence-corrected chi connectivity index (χ2v) is 5.85. The number of nitro groups is 1. The predicted octanol–water partition coefficient (Wildman–Crippen LogP) is 3.03. The zero-order valence-electron chi connectivity index (χ0n) is 8.18. The summed E-state index contributed by atoms with van der Waals surface area (Å²) in [4.78, 5) is 10.4. The molecule has 0 aliphatic heterocycles. The van der Waals surface area contributed by atoms with Crippen LogP contribution in [0.4, 0.5) is 5.69 Å². The van der Waals surface area contributed by atoms with E-state index in [1.165, 1.54) is 17.4 Å². The van der Waals surface area contributed by atoms with E-state index in [0.29, 0.717) is 10.6 Å². The fourth-order valence-electron chi connectivity index (χ4n) is 1.26. The van der Waals surface area contributed by atoms with Gasteiger partial charge in [-0.25, -0.2) is 0 Å². The number of hydrogen-bond acceptors (Lipinski definition) is 5. The van der Waals surface area contributed by atoms with Crippen LogP contribution in [0.5, 0.6) is 0 Å². The lowest BCUT2D eigenvalue weighted by Gasteiger charge is -1.99. The number of rotatable bonds is 2. The third-order valence-electron chi connectivity index (χ3n) is 2.05. The first-order valence-corrected chi connectivity index (χ1v) is 6.22. The minimum Gasteiger partial charge on any atom is -0.258 e. The molecular formula is C9H6IN3O2S. The van der Waals surface area contributed by atoms with Crippen LogP contribution in [0.2, 0.25) is 0 Å². The fraction of sp³-hybridized carbons (Fsp3) is 0.111. The van der Waals surface area contributed by atoms with Crippen LogP contribution in [0.15, 0.2) is 18.2 Å². The van der Waals surface area contributed by atoms with E-state index in [1.54, 1.807) is 13.0 Å². The van der Waals surface area contributed by atoms with E-state index < -0.39 is 0 Å². The lowest BCUT2D eigenvalue weighted by molar-refractivity contribution is -0.385. The van der Waals surface area contributed by atoms with Gasteiger partial charge in [0.15, 0.2) is 3.01 Å². The molecule has 2 aromatic rings. The van der Waals surface area contributed by atoms with Crippen molar-refractivity contribution in [2.24, 2.45) is 0 Å². The van der Waals surface area contributed by atoms with E-state index in [0.717, 1.165) is 8.58 Å². The van der Waals surface area contributed by atoms with Gasteiger partial charge in [0.05, 0.1) is 4.92 Å². The second-order valence-electron chi connectivity index (χ2n) is 3.12. The van der Waals surface area contributed by atoms with Crippen molar-refractivity contribution in [3.05, 3.63) is 36.9 Å². The number of benzene rings is 1. The Bertz CT molecular complexity index is 555. The van der Waals surface area contributed by atoms with Gasteiger partial charge in [-0.3, -0.25) is 10.1 Å². The highest BCUT2D eigenvalue weighted by Gasteiger charge is 2.13. The summed E-state index contributed by atoms with van der Waals surface area (Å²) >= 11 is 3.48. The molecule has 82 valence electrons. The number of aromatic nitrogens is 2. The largest absolute Gasteiger partial charge is 0.273 e. The van der Waals surface area contributed by atoms with Gasteiger partial charge in [0.2, 0.25) is 0 Å². The Kier molecular flexibility index (Phi) is 3.15. The first-order chi connectivity index (χ1) is 7.58. The van der Waals surface area contributed by atoms with Crippen molar-refractivity contribution < 1.29 is 4.92 Å². The van der Waals surface area contributed by atoms with E-state index in [9.17, 15) is 10.1 Å². The molecule has 0 unspecified atom stereocenters. The lowest BCUT2D eigenvalue weighted by Crippen LogP contribution is -1.91. The molecular weight excluding hydrogens is 341 g/mol. The third kappa shape index (κ3) is 2.19. The average Bonchev–Trinajstić information content (AvgIpc) is 2.65. The van der Waals surface area contributed by atoms with Gasteiger partial charge in [0, 0.05) is 17.2 Å². The molecule has 0 bridgehead atoms. The standard InChI is InChI=1S/C9H6IN3O2S/c1-5-2-3-6(4-7(5)13(14)15)8-11-12-9(10)16-8/h2-4H,1H3. The van der Waals surface area contributed by atoms with Gasteiger partial charge in [0.25, 0.3) is 5.69 Å². The number of nitro benzene ring substituents is 1. The van der Waals surface area contributed by atoms with Crippen molar-refractivity contribution in [3.63, 3.8) is 0 Å². The highest BCUT2D eigenvalue weighted by molar-refractivity contribution is 14.1. The monoisotopic (exact) mass is 347 g/mol. The Morgan fingerprint density at radius 3 is 2.75 bits per heavy atom. The molecule has 1 aromatic heterocycles. The third-order valence-corrected chi connectivity index (χ3v) is 3.69. The van der Waals surface area contributed by atoms with Crippen molar-refractivity contribution in [3.8, 4) is 10.6 Å². The van der Waals surface area contributed by atoms with Crippen molar-refractivity contribution >= 4 is 39.6 Å². The minimum absolute atomic E-state index is 0.114. The summed E-state index contributed by atoms with van der Waals surface area (Å²) in [7, 11) is 0. The van der Waals surface area contributed by atoms with Gasteiger partial charge in [-0.15, -0.1) is 10.2 Å². The minimum atomic E-state index is -0.384. The maximum atomic E-state index is 10.8. The Morgan fingerprint density at radius 1 is 1.44 bits per heavy atom. The molecule has 1 aromatic carbocycles. The van der Waals surface area contributed by atoms with Gasteiger partial charge in [-0.2, -0.15) is 0 Å². The molecule has 0 saturated heterocycles. The van der Waals surface area contributed by atoms with E-state index in [4.69, 9.17) is 0 Å². The zero-order chi connectivity index (χ0) is 11.7. The number of hydrogen-bond donors (Lipinski definition) is 0.